The quantitative estimate of drug-likeness (QED) is 0.756. The maximum Gasteiger partial charge on any atom is 0.323 e. The second kappa shape index (κ2) is 6.25. The van der Waals surface area contributed by atoms with Crippen LogP contribution in [-0.4, -0.2) is 30.3 Å². The number of hydrogen-bond donors (Lipinski definition) is 1. The molecule has 25 heavy (non-hydrogen) atoms. The van der Waals surface area contributed by atoms with Crippen LogP contribution >= 0.6 is 0 Å². The molecule has 7 heteroatoms. The second-order valence-corrected chi connectivity index (χ2v) is 7.77. The molecule has 0 spiro atoms. The fourth-order valence-electron chi connectivity index (χ4n) is 2.74. The summed E-state index contributed by atoms with van der Waals surface area (Å²) in [7, 11) is -3.27. The van der Waals surface area contributed by atoms with Crippen LogP contribution in [0.5, 0.6) is 11.5 Å². The van der Waals surface area contributed by atoms with E-state index < -0.39 is 15.8 Å². The predicted octanol–water partition coefficient (Wildman–Crippen LogP) is 3.23. The SMILES string of the molecule is Cc1c(Oc2ccc(S(C)(=O)=O)cc2)c2ccccc2n1CC(=O)O. The molecule has 3 rings (SSSR count). The third-order valence-electron chi connectivity index (χ3n) is 3.94. The van der Waals surface area contributed by atoms with Gasteiger partial charge >= 0.3 is 5.97 Å². The Morgan fingerprint density at radius 1 is 1.12 bits per heavy atom. The van der Waals surface area contributed by atoms with E-state index in [1.807, 2.05) is 24.3 Å². The minimum atomic E-state index is -3.27. The number of rotatable bonds is 5. The molecule has 1 aromatic heterocycles. The topological polar surface area (TPSA) is 85.6 Å². The van der Waals surface area contributed by atoms with Gasteiger partial charge in [0.1, 0.15) is 12.3 Å². The van der Waals surface area contributed by atoms with Gasteiger partial charge in [-0.15, -0.1) is 0 Å². The standard InChI is InChI=1S/C18H17NO5S/c1-12-18(24-13-7-9-14(10-8-13)25(2,22)23)15-5-3-4-6-16(15)19(12)11-17(20)21/h3-10H,11H2,1-2H3,(H,20,21). The summed E-state index contributed by atoms with van der Waals surface area (Å²) >= 11 is 0. The highest BCUT2D eigenvalue weighted by Gasteiger charge is 2.17. The van der Waals surface area contributed by atoms with E-state index in [1.54, 1.807) is 23.6 Å². The summed E-state index contributed by atoms with van der Waals surface area (Å²) in [6.07, 6.45) is 1.15. The van der Waals surface area contributed by atoms with Crippen LogP contribution in [0.1, 0.15) is 5.69 Å². The third kappa shape index (κ3) is 3.36. The number of aliphatic carboxylic acids is 1. The van der Waals surface area contributed by atoms with Crippen molar-refractivity contribution in [3.8, 4) is 11.5 Å². The monoisotopic (exact) mass is 359 g/mol. The zero-order valence-corrected chi connectivity index (χ0v) is 14.6. The predicted molar refractivity (Wildman–Crippen MR) is 93.9 cm³/mol. The van der Waals surface area contributed by atoms with Gasteiger partial charge in [-0.3, -0.25) is 4.79 Å². The Hall–Kier alpha value is -2.80. The van der Waals surface area contributed by atoms with Crippen LogP contribution in [-0.2, 0) is 21.2 Å². The van der Waals surface area contributed by atoms with Crippen LogP contribution in [0.25, 0.3) is 10.9 Å². The summed E-state index contributed by atoms with van der Waals surface area (Å²) in [6.45, 7) is 1.63. The molecular formula is C18H17NO5S. The number of hydrogen-bond acceptors (Lipinski definition) is 4. The second-order valence-electron chi connectivity index (χ2n) is 5.76. The van der Waals surface area contributed by atoms with Crippen molar-refractivity contribution in [2.24, 2.45) is 0 Å². The Morgan fingerprint density at radius 3 is 2.36 bits per heavy atom. The molecule has 6 nitrogen and oxygen atoms in total. The van der Waals surface area contributed by atoms with E-state index in [0.717, 1.165) is 17.2 Å². The Labute approximate surface area is 145 Å². The van der Waals surface area contributed by atoms with Crippen LogP contribution in [0.4, 0.5) is 0 Å². The fourth-order valence-corrected chi connectivity index (χ4v) is 3.37. The molecule has 0 aliphatic heterocycles. The van der Waals surface area contributed by atoms with Crippen molar-refractivity contribution in [1.82, 2.24) is 4.57 Å². The summed E-state index contributed by atoms with van der Waals surface area (Å²) in [5, 5.41) is 9.94. The van der Waals surface area contributed by atoms with Crippen molar-refractivity contribution in [3.05, 3.63) is 54.2 Å². The van der Waals surface area contributed by atoms with Gasteiger partial charge in [0.15, 0.2) is 15.6 Å². The molecule has 0 bridgehead atoms. The lowest BCUT2D eigenvalue weighted by molar-refractivity contribution is -0.137. The lowest BCUT2D eigenvalue weighted by Gasteiger charge is -2.08. The van der Waals surface area contributed by atoms with Crippen molar-refractivity contribution >= 4 is 26.7 Å². The first-order valence-corrected chi connectivity index (χ1v) is 9.44. The summed E-state index contributed by atoms with van der Waals surface area (Å²) in [5.74, 6) is 0.102. The first-order chi connectivity index (χ1) is 11.8. The summed E-state index contributed by atoms with van der Waals surface area (Å²) in [4.78, 5) is 11.4. The van der Waals surface area contributed by atoms with E-state index in [2.05, 4.69) is 0 Å². The molecule has 3 aromatic rings. The number of fused-ring (bicyclic) bond motifs is 1. The van der Waals surface area contributed by atoms with Gasteiger partial charge < -0.3 is 14.4 Å². The van der Waals surface area contributed by atoms with Crippen molar-refractivity contribution in [3.63, 3.8) is 0 Å². The summed E-state index contributed by atoms with van der Waals surface area (Å²) in [5.41, 5.74) is 1.46. The van der Waals surface area contributed by atoms with E-state index >= 15 is 0 Å². The molecule has 1 N–H and O–H groups in total. The molecule has 0 saturated carbocycles. The molecule has 0 aliphatic carbocycles. The van der Waals surface area contributed by atoms with Gasteiger partial charge in [-0.2, -0.15) is 0 Å². The smallest absolute Gasteiger partial charge is 0.323 e. The molecule has 2 aromatic carbocycles. The number of para-hydroxylation sites is 1. The maximum absolute atomic E-state index is 11.5. The molecule has 0 fully saturated rings. The highest BCUT2D eigenvalue weighted by molar-refractivity contribution is 7.90. The van der Waals surface area contributed by atoms with Crippen LogP contribution in [0.3, 0.4) is 0 Å². The van der Waals surface area contributed by atoms with Gasteiger partial charge in [-0.1, -0.05) is 12.1 Å². The van der Waals surface area contributed by atoms with Crippen LogP contribution < -0.4 is 4.74 Å². The number of benzene rings is 2. The molecule has 130 valence electrons. The first-order valence-electron chi connectivity index (χ1n) is 7.55. The van der Waals surface area contributed by atoms with E-state index in [4.69, 9.17) is 9.84 Å². The number of carbonyl (C=O) groups is 1. The van der Waals surface area contributed by atoms with Gasteiger partial charge in [0, 0.05) is 11.6 Å². The summed E-state index contributed by atoms with van der Waals surface area (Å²) < 4.78 is 30.7. The van der Waals surface area contributed by atoms with E-state index in [9.17, 15) is 13.2 Å². The van der Waals surface area contributed by atoms with Crippen LogP contribution in [0.2, 0.25) is 0 Å². The highest BCUT2D eigenvalue weighted by atomic mass is 32.2. The minimum absolute atomic E-state index is 0.164. The largest absolute Gasteiger partial charge is 0.480 e. The van der Waals surface area contributed by atoms with E-state index in [-0.39, 0.29) is 11.4 Å². The average Bonchev–Trinajstić information content (AvgIpc) is 2.80. The number of ether oxygens (including phenoxy) is 1. The molecular weight excluding hydrogens is 342 g/mol. The average molecular weight is 359 g/mol. The first kappa shape index (κ1) is 17.0. The minimum Gasteiger partial charge on any atom is -0.480 e. The number of aromatic nitrogens is 1. The lowest BCUT2D eigenvalue weighted by Crippen LogP contribution is -2.09. The van der Waals surface area contributed by atoms with Crippen molar-refractivity contribution in [2.75, 3.05) is 6.26 Å². The zero-order chi connectivity index (χ0) is 18.2. The maximum atomic E-state index is 11.5. The lowest BCUT2D eigenvalue weighted by atomic mass is 10.2. The van der Waals surface area contributed by atoms with Gasteiger partial charge in [-0.25, -0.2) is 8.42 Å². The van der Waals surface area contributed by atoms with Gasteiger partial charge in [-0.05, 0) is 43.3 Å². The van der Waals surface area contributed by atoms with Gasteiger partial charge in [0.2, 0.25) is 0 Å². The molecule has 0 amide bonds. The fraction of sp³-hybridized carbons (Fsp3) is 0.167. The molecule has 0 aliphatic rings. The Kier molecular flexibility index (Phi) is 4.26. The van der Waals surface area contributed by atoms with E-state index in [1.165, 1.54) is 12.1 Å². The molecule has 0 saturated heterocycles. The number of carboxylic acid groups (broad SMARTS) is 1. The normalized spacial score (nSPS) is 11.6. The summed E-state index contributed by atoms with van der Waals surface area (Å²) in [6, 6.07) is 13.5. The molecule has 0 atom stereocenters. The molecule has 1 heterocycles. The van der Waals surface area contributed by atoms with Crippen molar-refractivity contribution < 1.29 is 23.1 Å². The Morgan fingerprint density at radius 2 is 1.76 bits per heavy atom. The van der Waals surface area contributed by atoms with Crippen molar-refractivity contribution in [2.45, 2.75) is 18.4 Å². The number of nitrogens with zero attached hydrogens (tertiary/aromatic N) is 1. The Bertz CT molecular complexity index is 1050. The highest BCUT2D eigenvalue weighted by Crippen LogP contribution is 2.36. The van der Waals surface area contributed by atoms with E-state index in [0.29, 0.717) is 17.2 Å². The van der Waals surface area contributed by atoms with Gasteiger partial charge in [0.05, 0.1) is 16.1 Å². The number of carboxylic acids is 1. The Balaban J connectivity index is 2.04. The van der Waals surface area contributed by atoms with Gasteiger partial charge in [0.25, 0.3) is 0 Å². The number of sulfone groups is 1. The van der Waals surface area contributed by atoms with Crippen molar-refractivity contribution in [1.29, 1.82) is 0 Å². The van der Waals surface area contributed by atoms with Crippen LogP contribution in [0.15, 0.2) is 53.4 Å². The zero-order valence-electron chi connectivity index (χ0n) is 13.8. The molecule has 0 radical (unpaired) electrons. The molecule has 0 unspecified atom stereocenters. The third-order valence-corrected chi connectivity index (χ3v) is 5.07. The van der Waals surface area contributed by atoms with Crippen LogP contribution in [0, 0.1) is 6.92 Å².